The van der Waals surface area contributed by atoms with Crippen LogP contribution in [0.4, 0.5) is 0 Å². The van der Waals surface area contributed by atoms with Crippen LogP contribution in [0.5, 0.6) is 5.75 Å². The lowest BCUT2D eigenvalue weighted by molar-refractivity contribution is -0.141. The molecule has 104 valence electrons. The second-order valence-electron chi connectivity index (χ2n) is 4.33. The van der Waals surface area contributed by atoms with E-state index in [2.05, 4.69) is 0 Å². The van der Waals surface area contributed by atoms with Gasteiger partial charge in [-0.2, -0.15) is 0 Å². The fourth-order valence-electron chi connectivity index (χ4n) is 1.69. The van der Waals surface area contributed by atoms with Gasteiger partial charge in [-0.25, -0.2) is 0 Å². The number of methoxy groups -OCH3 is 1. The summed E-state index contributed by atoms with van der Waals surface area (Å²) in [4.78, 5) is 22.2. The van der Waals surface area contributed by atoms with Gasteiger partial charge in [0.25, 0.3) is 0 Å². The summed E-state index contributed by atoms with van der Waals surface area (Å²) in [6.45, 7) is 1.69. The lowest BCUT2D eigenvalue weighted by Gasteiger charge is -2.04. The van der Waals surface area contributed by atoms with Crippen LogP contribution in [0.2, 0.25) is 0 Å². The first-order chi connectivity index (χ1) is 9.11. The number of hydrogen-bond donors (Lipinski definition) is 0. The molecule has 1 aromatic rings. The molecule has 0 aliphatic carbocycles. The molecule has 0 saturated heterocycles. The van der Waals surface area contributed by atoms with Gasteiger partial charge in [0.05, 0.1) is 13.7 Å². The summed E-state index contributed by atoms with van der Waals surface area (Å²) >= 11 is 0. The van der Waals surface area contributed by atoms with Crippen molar-refractivity contribution in [2.75, 3.05) is 13.7 Å². The van der Waals surface area contributed by atoms with E-state index in [-0.39, 0.29) is 11.8 Å². The average Bonchev–Trinajstić information content (AvgIpc) is 2.41. The van der Waals surface area contributed by atoms with Crippen LogP contribution < -0.4 is 4.74 Å². The van der Waals surface area contributed by atoms with Gasteiger partial charge < -0.3 is 9.47 Å². The predicted octanol–water partition coefficient (Wildman–Crippen LogP) is 2.54. The molecule has 0 atom stereocenters. The molecule has 4 heteroatoms. The topological polar surface area (TPSA) is 52.6 Å². The molecule has 0 N–H and O–H groups in total. The van der Waals surface area contributed by atoms with E-state index in [0.29, 0.717) is 25.9 Å². The molecule has 0 aliphatic heterocycles. The van der Waals surface area contributed by atoms with Gasteiger partial charge in [0.2, 0.25) is 0 Å². The molecule has 0 fully saturated rings. The third-order valence-corrected chi connectivity index (χ3v) is 2.76. The molecule has 0 spiro atoms. The number of ketones is 1. The fraction of sp³-hybridized carbons (Fsp3) is 0.467. The molecule has 1 aromatic carbocycles. The Kier molecular flexibility index (Phi) is 6.64. The first-order valence-electron chi connectivity index (χ1n) is 6.40. The normalized spacial score (nSPS) is 10.0. The number of Topliss-reactive ketones (excluding diaryl/α,β-unsaturated/α-hetero) is 1. The number of hydrogen-bond acceptors (Lipinski definition) is 4. The van der Waals surface area contributed by atoms with Crippen LogP contribution in [0.3, 0.4) is 0 Å². The molecule has 1 rings (SSSR count). The van der Waals surface area contributed by atoms with Crippen molar-refractivity contribution < 1.29 is 19.1 Å². The van der Waals surface area contributed by atoms with Crippen LogP contribution in [0, 0.1) is 0 Å². The second-order valence-corrected chi connectivity index (χ2v) is 4.33. The summed E-state index contributed by atoms with van der Waals surface area (Å²) < 4.78 is 9.85. The number of benzene rings is 1. The molecule has 0 amide bonds. The van der Waals surface area contributed by atoms with Crippen molar-refractivity contribution in [3.8, 4) is 5.75 Å². The summed E-state index contributed by atoms with van der Waals surface area (Å²) in [6.07, 6.45) is 2.31. The van der Waals surface area contributed by atoms with Crippen molar-refractivity contribution in [2.45, 2.75) is 32.6 Å². The van der Waals surface area contributed by atoms with Crippen LogP contribution in [-0.2, 0) is 20.7 Å². The summed E-state index contributed by atoms with van der Waals surface area (Å²) in [6, 6.07) is 7.71. The Morgan fingerprint density at radius 3 is 2.37 bits per heavy atom. The van der Waals surface area contributed by atoms with Crippen molar-refractivity contribution in [3.63, 3.8) is 0 Å². The Labute approximate surface area is 113 Å². The Morgan fingerprint density at radius 1 is 1.11 bits per heavy atom. The Bertz CT molecular complexity index is 409. The van der Waals surface area contributed by atoms with Crippen LogP contribution in [-0.4, -0.2) is 25.5 Å². The van der Waals surface area contributed by atoms with Crippen LogP contribution in [0.1, 0.15) is 31.7 Å². The second kappa shape index (κ2) is 8.29. The minimum atomic E-state index is -0.300. The number of ether oxygens (including phenoxy) is 2. The first kappa shape index (κ1) is 15.2. The molecule has 0 aliphatic rings. The molecule has 4 nitrogen and oxygen atoms in total. The van der Waals surface area contributed by atoms with Crippen LogP contribution in [0.15, 0.2) is 24.3 Å². The molecule has 0 saturated carbocycles. The third kappa shape index (κ3) is 6.60. The number of aryl methyl sites for hydroxylation is 1. The van der Waals surface area contributed by atoms with Gasteiger partial charge in [0.15, 0.2) is 0 Å². The zero-order valence-electron chi connectivity index (χ0n) is 11.5. The van der Waals surface area contributed by atoms with E-state index in [9.17, 15) is 9.59 Å². The minimum absolute atomic E-state index is 0.197. The predicted molar refractivity (Wildman–Crippen MR) is 72.2 cm³/mol. The molecule has 0 aromatic heterocycles. The van der Waals surface area contributed by atoms with Crippen molar-refractivity contribution in [1.82, 2.24) is 0 Å². The number of rotatable bonds is 8. The highest BCUT2D eigenvalue weighted by Crippen LogP contribution is 2.13. The summed E-state index contributed by atoms with van der Waals surface area (Å²) in [5.74, 6) is 0.713. The Morgan fingerprint density at radius 2 is 1.79 bits per heavy atom. The monoisotopic (exact) mass is 264 g/mol. The minimum Gasteiger partial charge on any atom is -0.497 e. The van der Waals surface area contributed by atoms with E-state index >= 15 is 0 Å². The van der Waals surface area contributed by atoms with E-state index in [1.54, 1.807) is 7.11 Å². The van der Waals surface area contributed by atoms with Gasteiger partial charge in [0, 0.05) is 19.8 Å². The fourth-order valence-corrected chi connectivity index (χ4v) is 1.69. The zero-order valence-corrected chi connectivity index (χ0v) is 11.5. The van der Waals surface area contributed by atoms with Gasteiger partial charge in [-0.15, -0.1) is 0 Å². The standard InChI is InChI=1S/C15H20O4/c1-12(16)19-11-3-4-14(17)8-5-13-6-9-15(18-2)10-7-13/h6-7,9-10H,3-5,8,11H2,1-2H3. The van der Waals surface area contributed by atoms with Gasteiger partial charge in [-0.1, -0.05) is 12.1 Å². The average molecular weight is 264 g/mol. The van der Waals surface area contributed by atoms with Gasteiger partial charge >= 0.3 is 5.97 Å². The van der Waals surface area contributed by atoms with Crippen LogP contribution >= 0.6 is 0 Å². The highest BCUT2D eigenvalue weighted by molar-refractivity contribution is 5.78. The molecule has 19 heavy (non-hydrogen) atoms. The number of carbonyl (C=O) groups excluding carboxylic acids is 2. The molecular formula is C15H20O4. The summed E-state index contributed by atoms with van der Waals surface area (Å²) in [5, 5.41) is 0. The molecule has 0 radical (unpaired) electrons. The quantitative estimate of drug-likeness (QED) is 0.535. The lowest BCUT2D eigenvalue weighted by Crippen LogP contribution is -2.05. The van der Waals surface area contributed by atoms with E-state index in [0.717, 1.165) is 17.7 Å². The van der Waals surface area contributed by atoms with Gasteiger partial charge in [-0.05, 0) is 30.5 Å². The Hall–Kier alpha value is -1.84. The van der Waals surface area contributed by atoms with Crippen molar-refractivity contribution >= 4 is 11.8 Å². The Balaban J connectivity index is 2.20. The zero-order chi connectivity index (χ0) is 14.1. The highest BCUT2D eigenvalue weighted by Gasteiger charge is 2.04. The molecule has 0 unspecified atom stereocenters. The third-order valence-electron chi connectivity index (χ3n) is 2.76. The van der Waals surface area contributed by atoms with E-state index in [1.807, 2.05) is 24.3 Å². The molecular weight excluding hydrogens is 244 g/mol. The van der Waals surface area contributed by atoms with Crippen LogP contribution in [0.25, 0.3) is 0 Å². The van der Waals surface area contributed by atoms with E-state index in [1.165, 1.54) is 6.92 Å². The lowest BCUT2D eigenvalue weighted by atomic mass is 10.1. The highest BCUT2D eigenvalue weighted by atomic mass is 16.5. The molecule has 0 bridgehead atoms. The maximum absolute atomic E-state index is 11.6. The molecule has 0 heterocycles. The van der Waals surface area contributed by atoms with Crippen molar-refractivity contribution in [3.05, 3.63) is 29.8 Å². The summed E-state index contributed by atoms with van der Waals surface area (Å²) in [7, 11) is 1.63. The van der Waals surface area contributed by atoms with E-state index in [4.69, 9.17) is 9.47 Å². The largest absolute Gasteiger partial charge is 0.497 e. The summed E-state index contributed by atoms with van der Waals surface area (Å²) in [5.41, 5.74) is 1.12. The van der Waals surface area contributed by atoms with Crippen molar-refractivity contribution in [1.29, 1.82) is 0 Å². The smallest absolute Gasteiger partial charge is 0.302 e. The number of esters is 1. The van der Waals surface area contributed by atoms with Gasteiger partial charge in [0.1, 0.15) is 11.5 Å². The first-order valence-corrected chi connectivity index (χ1v) is 6.40. The van der Waals surface area contributed by atoms with Gasteiger partial charge in [-0.3, -0.25) is 9.59 Å². The SMILES string of the molecule is COc1ccc(CCC(=O)CCCOC(C)=O)cc1. The van der Waals surface area contributed by atoms with Crippen molar-refractivity contribution in [2.24, 2.45) is 0 Å². The van der Waals surface area contributed by atoms with E-state index < -0.39 is 0 Å². The number of carbonyl (C=O) groups is 2. The maximum atomic E-state index is 11.6. The maximum Gasteiger partial charge on any atom is 0.302 e.